The number of carbonyl (C=O) groups is 1. The molecule has 2 aliphatic carbocycles. The first-order valence-electron chi connectivity index (χ1n) is 8.21. The van der Waals surface area contributed by atoms with Gasteiger partial charge in [-0.2, -0.15) is 0 Å². The van der Waals surface area contributed by atoms with E-state index in [0.29, 0.717) is 23.5 Å². The Balaban J connectivity index is 1.41. The predicted molar refractivity (Wildman–Crippen MR) is 90.2 cm³/mol. The van der Waals surface area contributed by atoms with E-state index in [1.165, 1.54) is 30.6 Å². The molecule has 2 N–H and O–H groups in total. The first-order chi connectivity index (χ1) is 11.1. The molecule has 2 heterocycles. The van der Waals surface area contributed by atoms with Gasteiger partial charge in [0.05, 0.1) is 5.56 Å². The third kappa shape index (κ3) is 3.05. The molecule has 5 nitrogen and oxygen atoms in total. The van der Waals surface area contributed by atoms with Crippen molar-refractivity contribution in [2.24, 2.45) is 0 Å². The van der Waals surface area contributed by atoms with Crippen LogP contribution in [0.4, 0.5) is 5.82 Å². The van der Waals surface area contributed by atoms with E-state index in [2.05, 4.69) is 21.9 Å². The van der Waals surface area contributed by atoms with E-state index in [-0.39, 0.29) is 5.91 Å². The quantitative estimate of drug-likeness (QED) is 0.878. The maximum atomic E-state index is 12.4. The normalized spacial score (nSPS) is 23.6. The molecular formula is C17H21N3O2S. The van der Waals surface area contributed by atoms with E-state index in [4.69, 9.17) is 4.52 Å². The summed E-state index contributed by atoms with van der Waals surface area (Å²) in [6, 6.07) is 5.10. The van der Waals surface area contributed by atoms with Gasteiger partial charge in [-0.1, -0.05) is 11.6 Å². The van der Waals surface area contributed by atoms with Crippen LogP contribution in [0.2, 0.25) is 0 Å². The molecule has 0 spiro atoms. The zero-order chi connectivity index (χ0) is 16.0. The van der Waals surface area contributed by atoms with E-state index < -0.39 is 0 Å². The molecule has 0 radical (unpaired) electrons. The minimum atomic E-state index is -0.109. The summed E-state index contributed by atoms with van der Waals surface area (Å²) >= 11 is 1.74. The lowest BCUT2D eigenvalue weighted by Gasteiger charge is -2.26. The molecule has 6 heteroatoms. The van der Waals surface area contributed by atoms with Crippen LogP contribution >= 0.6 is 11.3 Å². The maximum absolute atomic E-state index is 12.4. The predicted octanol–water partition coefficient (Wildman–Crippen LogP) is 3.60. The Labute approximate surface area is 139 Å². The molecule has 2 fully saturated rings. The van der Waals surface area contributed by atoms with Crippen molar-refractivity contribution < 1.29 is 9.32 Å². The van der Waals surface area contributed by atoms with Crippen molar-refractivity contribution in [1.82, 2.24) is 10.5 Å². The second-order valence-corrected chi connectivity index (χ2v) is 7.93. The Hall–Kier alpha value is -1.66. The second kappa shape index (κ2) is 5.76. The van der Waals surface area contributed by atoms with E-state index >= 15 is 0 Å². The van der Waals surface area contributed by atoms with Crippen LogP contribution in [-0.4, -0.2) is 23.1 Å². The number of amides is 1. The number of hydrogen-bond acceptors (Lipinski definition) is 5. The Morgan fingerprint density at radius 2 is 2.17 bits per heavy atom. The number of aryl methyl sites for hydroxylation is 2. The fourth-order valence-corrected chi connectivity index (χ4v) is 4.30. The molecule has 122 valence electrons. The van der Waals surface area contributed by atoms with E-state index in [0.717, 1.165) is 16.5 Å². The summed E-state index contributed by atoms with van der Waals surface area (Å²) in [5, 5.41) is 10.3. The van der Waals surface area contributed by atoms with Crippen molar-refractivity contribution >= 4 is 23.1 Å². The maximum Gasteiger partial charge on any atom is 0.258 e. The summed E-state index contributed by atoms with van der Waals surface area (Å²) < 4.78 is 4.98. The molecular weight excluding hydrogens is 310 g/mol. The number of aromatic nitrogens is 1. The topological polar surface area (TPSA) is 67.2 Å². The van der Waals surface area contributed by atoms with Gasteiger partial charge >= 0.3 is 0 Å². The van der Waals surface area contributed by atoms with Gasteiger partial charge in [0.1, 0.15) is 5.76 Å². The minimum Gasteiger partial charge on any atom is -0.360 e. The van der Waals surface area contributed by atoms with Gasteiger partial charge in [0.15, 0.2) is 5.82 Å². The third-order valence-electron chi connectivity index (χ3n) is 4.76. The third-order valence-corrected chi connectivity index (χ3v) is 5.94. The summed E-state index contributed by atoms with van der Waals surface area (Å²) in [5.41, 5.74) is 0.750. The van der Waals surface area contributed by atoms with Crippen LogP contribution in [0.3, 0.4) is 0 Å². The number of nitrogens with zero attached hydrogens (tertiary/aromatic N) is 1. The highest BCUT2D eigenvalue weighted by atomic mass is 32.1. The van der Waals surface area contributed by atoms with E-state index in [1.54, 1.807) is 24.3 Å². The van der Waals surface area contributed by atoms with Crippen LogP contribution in [-0.2, 0) is 0 Å². The van der Waals surface area contributed by atoms with E-state index in [9.17, 15) is 4.79 Å². The van der Waals surface area contributed by atoms with Gasteiger partial charge in [-0.05, 0) is 39.2 Å². The fourth-order valence-electron chi connectivity index (χ4n) is 3.09. The zero-order valence-corrected chi connectivity index (χ0v) is 14.2. The highest BCUT2D eigenvalue weighted by Crippen LogP contribution is 2.45. The lowest BCUT2D eigenvalue weighted by Crippen LogP contribution is -2.37. The summed E-state index contributed by atoms with van der Waals surface area (Å²) in [4.78, 5) is 14.8. The molecule has 1 amide bonds. The van der Waals surface area contributed by atoms with Crippen LogP contribution < -0.4 is 10.6 Å². The van der Waals surface area contributed by atoms with Gasteiger partial charge in [-0.3, -0.25) is 4.79 Å². The lowest BCUT2D eigenvalue weighted by atomic mass is 9.93. The molecule has 4 rings (SSSR count). The molecule has 2 aromatic rings. The smallest absolute Gasteiger partial charge is 0.258 e. The average Bonchev–Trinajstić information content (AvgIpc) is 2.96. The van der Waals surface area contributed by atoms with Crippen LogP contribution in [0.5, 0.6) is 0 Å². The van der Waals surface area contributed by atoms with Gasteiger partial charge in [0, 0.05) is 33.8 Å². The monoisotopic (exact) mass is 331 g/mol. The standard InChI is InChI=1S/C17H21N3O2S/c1-9-6-16(20-22-9)19-17(21)12-8-15(23-10(12)2)13-7-14(13)18-11-4-3-5-11/h6,8,11,13-14,18H,3-5,7H2,1-2H3,(H,19,20,21). The molecule has 0 aromatic carbocycles. The van der Waals surface area contributed by atoms with Gasteiger partial charge in [0.25, 0.3) is 5.91 Å². The van der Waals surface area contributed by atoms with E-state index in [1.807, 2.05) is 6.92 Å². The molecule has 23 heavy (non-hydrogen) atoms. The van der Waals surface area contributed by atoms with Crippen molar-refractivity contribution in [2.75, 3.05) is 5.32 Å². The summed E-state index contributed by atoms with van der Waals surface area (Å²) in [6.45, 7) is 3.81. The Bertz CT molecular complexity index is 732. The number of carbonyl (C=O) groups excluding carboxylic acids is 1. The van der Waals surface area contributed by atoms with Crippen molar-refractivity contribution in [3.63, 3.8) is 0 Å². The first-order valence-corrected chi connectivity index (χ1v) is 9.03. The Kier molecular flexibility index (Phi) is 3.73. The molecule has 2 unspecified atom stereocenters. The second-order valence-electron chi connectivity index (χ2n) is 6.64. The van der Waals surface area contributed by atoms with Crippen LogP contribution in [0.1, 0.15) is 57.5 Å². The van der Waals surface area contributed by atoms with Gasteiger partial charge < -0.3 is 15.2 Å². The van der Waals surface area contributed by atoms with Crippen molar-refractivity contribution in [2.45, 2.75) is 57.5 Å². The van der Waals surface area contributed by atoms with Crippen molar-refractivity contribution in [3.05, 3.63) is 33.2 Å². The highest BCUT2D eigenvalue weighted by Gasteiger charge is 2.41. The number of anilines is 1. The first kappa shape index (κ1) is 14.9. The van der Waals surface area contributed by atoms with Crippen LogP contribution in [0, 0.1) is 13.8 Å². The number of rotatable bonds is 5. The Morgan fingerprint density at radius 1 is 1.35 bits per heavy atom. The highest BCUT2D eigenvalue weighted by molar-refractivity contribution is 7.12. The average molecular weight is 331 g/mol. The number of hydrogen-bond donors (Lipinski definition) is 2. The number of thiophene rings is 1. The molecule has 2 aliphatic rings. The van der Waals surface area contributed by atoms with Crippen molar-refractivity contribution in [1.29, 1.82) is 0 Å². The summed E-state index contributed by atoms with van der Waals surface area (Å²) in [5.74, 6) is 1.62. The van der Waals surface area contributed by atoms with Gasteiger partial charge in [-0.15, -0.1) is 11.3 Å². The summed E-state index contributed by atoms with van der Waals surface area (Å²) in [6.07, 6.45) is 5.19. The summed E-state index contributed by atoms with van der Waals surface area (Å²) in [7, 11) is 0. The molecule has 2 saturated carbocycles. The SMILES string of the molecule is Cc1cc(NC(=O)c2cc(C3CC3NC3CCC3)sc2C)no1. The molecule has 0 aliphatic heterocycles. The van der Waals surface area contributed by atoms with Gasteiger partial charge in [0.2, 0.25) is 0 Å². The van der Waals surface area contributed by atoms with Crippen molar-refractivity contribution in [3.8, 4) is 0 Å². The molecule has 0 saturated heterocycles. The van der Waals surface area contributed by atoms with Gasteiger partial charge in [-0.25, -0.2) is 0 Å². The molecule has 2 aromatic heterocycles. The molecule has 0 bridgehead atoms. The Morgan fingerprint density at radius 3 is 2.83 bits per heavy atom. The number of nitrogens with one attached hydrogen (secondary N) is 2. The zero-order valence-electron chi connectivity index (χ0n) is 13.4. The largest absolute Gasteiger partial charge is 0.360 e. The van der Waals surface area contributed by atoms with Crippen LogP contribution in [0.15, 0.2) is 16.7 Å². The molecule has 2 atom stereocenters. The fraction of sp³-hybridized carbons (Fsp3) is 0.529. The lowest BCUT2D eigenvalue weighted by molar-refractivity contribution is 0.102. The van der Waals surface area contributed by atoms with Crippen LogP contribution in [0.25, 0.3) is 0 Å². The minimum absolute atomic E-state index is 0.109.